The molecule has 2 aromatic carbocycles. The fourth-order valence-electron chi connectivity index (χ4n) is 4.58. The standard InChI is InChI=1S/C26H25N2OS/c1-14-8-17-10-15(2)16(3)22-23(17)20(9-14)29-25-19-11-18(12-26(4,5)27-6)30-21(19)13-28(7)24(22)25/h8-11,13H,12H2,1-5,7H3/q+1. The number of thiophene rings is 1. The van der Waals surface area contributed by atoms with Crippen LogP contribution in [0.2, 0.25) is 0 Å². The van der Waals surface area contributed by atoms with E-state index < -0.39 is 5.54 Å². The summed E-state index contributed by atoms with van der Waals surface area (Å²) >= 11 is 1.77. The third-order valence-electron chi connectivity index (χ3n) is 6.16. The largest absolute Gasteiger partial charge is 0.449 e. The maximum atomic E-state index is 7.48. The smallest absolute Gasteiger partial charge is 0.257 e. The van der Waals surface area contributed by atoms with Crippen molar-refractivity contribution in [3.05, 3.63) is 63.4 Å². The second-order valence-electron chi connectivity index (χ2n) is 9.17. The second kappa shape index (κ2) is 6.30. The van der Waals surface area contributed by atoms with E-state index in [1.807, 2.05) is 13.8 Å². The average molecular weight is 414 g/mol. The molecule has 5 rings (SSSR count). The molecule has 0 N–H and O–H groups in total. The molecular weight excluding hydrogens is 388 g/mol. The molecule has 0 bridgehead atoms. The molecule has 0 unspecified atom stereocenters. The van der Waals surface area contributed by atoms with Gasteiger partial charge < -0.3 is 9.58 Å². The zero-order valence-electron chi connectivity index (χ0n) is 18.3. The van der Waals surface area contributed by atoms with Crippen LogP contribution in [0.1, 0.15) is 35.4 Å². The summed E-state index contributed by atoms with van der Waals surface area (Å²) in [5.41, 5.74) is 5.83. The molecule has 0 aliphatic carbocycles. The molecule has 4 heteroatoms. The van der Waals surface area contributed by atoms with Gasteiger partial charge in [-0.3, -0.25) is 0 Å². The van der Waals surface area contributed by atoms with E-state index in [2.05, 4.69) is 67.7 Å². The first-order chi connectivity index (χ1) is 14.2. The van der Waals surface area contributed by atoms with Crippen LogP contribution in [0.5, 0.6) is 11.5 Å². The normalized spacial score (nSPS) is 12.7. The fraction of sp³-hybridized carbons (Fsp3) is 0.308. The van der Waals surface area contributed by atoms with E-state index in [4.69, 9.17) is 11.3 Å². The molecule has 0 saturated carbocycles. The summed E-state index contributed by atoms with van der Waals surface area (Å²) in [5, 5.41) is 3.58. The Morgan fingerprint density at radius 1 is 1.13 bits per heavy atom. The number of pyridine rings is 1. The summed E-state index contributed by atoms with van der Waals surface area (Å²) in [6.07, 6.45) is 2.96. The summed E-state index contributed by atoms with van der Waals surface area (Å²) < 4.78 is 10.0. The highest BCUT2D eigenvalue weighted by Crippen LogP contribution is 2.50. The number of aromatic nitrogens is 1. The van der Waals surface area contributed by atoms with Crippen LogP contribution in [0.15, 0.2) is 30.5 Å². The topological polar surface area (TPSA) is 17.5 Å². The van der Waals surface area contributed by atoms with Crippen LogP contribution in [0.4, 0.5) is 0 Å². The van der Waals surface area contributed by atoms with E-state index in [1.54, 1.807) is 11.3 Å². The summed E-state index contributed by atoms with van der Waals surface area (Å²) in [6.45, 7) is 18.0. The third-order valence-corrected chi connectivity index (χ3v) is 7.23. The highest BCUT2D eigenvalue weighted by Gasteiger charge is 2.33. The first-order valence-corrected chi connectivity index (χ1v) is 11.1. The molecule has 3 nitrogen and oxygen atoms in total. The van der Waals surface area contributed by atoms with Gasteiger partial charge in [-0.05, 0) is 55.0 Å². The summed E-state index contributed by atoms with van der Waals surface area (Å²) in [6, 6.07) is 8.90. The van der Waals surface area contributed by atoms with Crippen LogP contribution in [0.3, 0.4) is 0 Å². The van der Waals surface area contributed by atoms with Crippen molar-refractivity contribution in [3.63, 3.8) is 0 Å². The fourth-order valence-corrected chi connectivity index (χ4v) is 5.94. The molecule has 0 saturated heterocycles. The van der Waals surface area contributed by atoms with Crippen molar-refractivity contribution in [3.8, 4) is 22.8 Å². The number of hydrogen-bond acceptors (Lipinski definition) is 2. The van der Waals surface area contributed by atoms with Gasteiger partial charge in [-0.1, -0.05) is 12.1 Å². The Bertz CT molecular complexity index is 1420. The molecule has 0 fully saturated rings. The number of aryl methyl sites for hydroxylation is 3. The predicted octanol–water partition coefficient (Wildman–Crippen LogP) is 6.82. The maximum absolute atomic E-state index is 7.48. The molecule has 0 atom stereocenters. The van der Waals surface area contributed by atoms with E-state index >= 15 is 0 Å². The number of fused-ring (bicyclic) bond motifs is 4. The van der Waals surface area contributed by atoms with Crippen molar-refractivity contribution < 1.29 is 9.30 Å². The Hall–Kier alpha value is -2.90. The van der Waals surface area contributed by atoms with E-state index in [1.165, 1.54) is 42.6 Å². The molecule has 1 aliphatic heterocycles. The van der Waals surface area contributed by atoms with Crippen molar-refractivity contribution >= 4 is 32.2 Å². The number of ether oxygens (including phenoxy) is 1. The molecule has 0 spiro atoms. The molecule has 2 aromatic heterocycles. The number of nitrogens with zero attached hydrogens (tertiary/aromatic N) is 2. The van der Waals surface area contributed by atoms with E-state index in [9.17, 15) is 0 Å². The lowest BCUT2D eigenvalue weighted by atomic mass is 9.89. The third kappa shape index (κ3) is 2.73. The number of hydrogen-bond donors (Lipinski definition) is 0. The summed E-state index contributed by atoms with van der Waals surface area (Å²) in [4.78, 5) is 5.02. The van der Waals surface area contributed by atoms with Crippen LogP contribution in [0.25, 0.3) is 37.0 Å². The van der Waals surface area contributed by atoms with Gasteiger partial charge >= 0.3 is 0 Å². The molecule has 0 radical (unpaired) electrons. The van der Waals surface area contributed by atoms with E-state index in [0.29, 0.717) is 0 Å². The maximum Gasteiger partial charge on any atom is 0.257 e. The Labute approximate surface area is 181 Å². The highest BCUT2D eigenvalue weighted by atomic mass is 32.1. The van der Waals surface area contributed by atoms with Crippen LogP contribution >= 0.6 is 11.3 Å². The first-order valence-electron chi connectivity index (χ1n) is 10.2. The predicted molar refractivity (Wildman–Crippen MR) is 125 cm³/mol. The summed E-state index contributed by atoms with van der Waals surface area (Å²) in [5.74, 6) is 1.88. The molecule has 0 amide bonds. The minimum absolute atomic E-state index is 0.396. The lowest BCUT2D eigenvalue weighted by Crippen LogP contribution is -2.32. The van der Waals surface area contributed by atoms with Crippen LogP contribution < -0.4 is 9.30 Å². The average Bonchev–Trinajstić information content (AvgIpc) is 3.06. The molecular formula is C26H25N2OS+. The van der Waals surface area contributed by atoms with E-state index in [0.717, 1.165) is 29.0 Å². The van der Waals surface area contributed by atoms with Gasteiger partial charge in [0, 0.05) is 29.5 Å². The van der Waals surface area contributed by atoms with Gasteiger partial charge in [0.15, 0.2) is 6.20 Å². The zero-order valence-corrected chi connectivity index (χ0v) is 19.1. The van der Waals surface area contributed by atoms with Gasteiger partial charge in [-0.2, -0.15) is 4.57 Å². The Morgan fingerprint density at radius 2 is 1.90 bits per heavy atom. The highest BCUT2D eigenvalue weighted by molar-refractivity contribution is 7.19. The monoisotopic (exact) mass is 413 g/mol. The quantitative estimate of drug-likeness (QED) is 0.229. The van der Waals surface area contributed by atoms with Crippen molar-refractivity contribution in [2.75, 3.05) is 0 Å². The first kappa shape index (κ1) is 19.1. The van der Waals surface area contributed by atoms with Gasteiger partial charge in [0.1, 0.15) is 17.5 Å². The number of benzene rings is 2. The minimum atomic E-state index is -0.396. The molecule has 30 heavy (non-hydrogen) atoms. The Balaban J connectivity index is 1.84. The van der Waals surface area contributed by atoms with Crippen molar-refractivity contribution in [2.45, 2.75) is 46.6 Å². The van der Waals surface area contributed by atoms with Crippen molar-refractivity contribution in [1.82, 2.24) is 0 Å². The lowest BCUT2D eigenvalue weighted by molar-refractivity contribution is -0.659. The second-order valence-corrected chi connectivity index (χ2v) is 10.3. The lowest BCUT2D eigenvalue weighted by Gasteiger charge is -2.22. The van der Waals surface area contributed by atoms with Crippen molar-refractivity contribution in [1.29, 1.82) is 0 Å². The van der Waals surface area contributed by atoms with Gasteiger partial charge in [0.25, 0.3) is 5.69 Å². The molecule has 150 valence electrons. The van der Waals surface area contributed by atoms with E-state index in [-0.39, 0.29) is 0 Å². The van der Waals surface area contributed by atoms with Crippen molar-refractivity contribution in [2.24, 2.45) is 7.05 Å². The van der Waals surface area contributed by atoms with Gasteiger partial charge in [0.2, 0.25) is 11.3 Å². The van der Waals surface area contributed by atoms with Gasteiger partial charge in [-0.25, -0.2) is 6.57 Å². The minimum Gasteiger partial charge on any atom is -0.449 e. The summed E-state index contributed by atoms with van der Waals surface area (Å²) in [7, 11) is 2.11. The number of rotatable bonds is 2. The van der Waals surface area contributed by atoms with Gasteiger partial charge in [0.05, 0.1) is 12.0 Å². The molecule has 3 heterocycles. The van der Waals surface area contributed by atoms with Crippen LogP contribution in [-0.4, -0.2) is 5.54 Å². The van der Waals surface area contributed by atoms with Gasteiger partial charge in [-0.15, -0.1) is 11.3 Å². The molecule has 1 aliphatic rings. The SMILES string of the molecule is [C-]#[N+]C(C)(C)Cc1cc2c3c([n+](C)cc2s1)-c1c(C)c(C)cc2cc(C)cc(c12)O3. The van der Waals surface area contributed by atoms with Crippen LogP contribution in [0, 0.1) is 27.3 Å². The van der Waals surface area contributed by atoms with Crippen LogP contribution in [-0.2, 0) is 13.5 Å². The Kier molecular flexibility index (Phi) is 4.01. The zero-order chi connectivity index (χ0) is 21.4. The molecule has 4 aromatic rings. The Morgan fingerprint density at radius 3 is 2.63 bits per heavy atom.